The highest BCUT2D eigenvalue weighted by atomic mass is 32.2. The first-order chi connectivity index (χ1) is 18.1. The SMILES string of the molecule is CC(C)(C)C(=O)/C(C#N)=c1/s/c(=C\c2ccc(Sc3ncccn3)c([N+](=O)[O-])c2)c(=O)n1Cc1ccco1. The van der Waals surface area contributed by atoms with Gasteiger partial charge in [-0.25, -0.2) is 9.97 Å². The van der Waals surface area contributed by atoms with Crippen molar-refractivity contribution in [2.45, 2.75) is 37.4 Å². The molecule has 0 fully saturated rings. The number of nitro groups is 1. The molecule has 4 aromatic rings. The average molecular weight is 548 g/mol. The van der Waals surface area contributed by atoms with Crippen LogP contribution in [0.3, 0.4) is 0 Å². The molecule has 0 N–H and O–H groups in total. The van der Waals surface area contributed by atoms with Crippen LogP contribution < -0.4 is 14.8 Å². The van der Waals surface area contributed by atoms with Gasteiger partial charge in [0.05, 0.1) is 27.2 Å². The second-order valence-corrected chi connectivity index (χ2v) is 11.1. The van der Waals surface area contributed by atoms with Crippen LogP contribution in [0.15, 0.2) is 74.3 Å². The number of ketones is 1. The lowest BCUT2D eigenvalue weighted by Crippen LogP contribution is -2.34. The van der Waals surface area contributed by atoms with Crippen LogP contribution in [0.2, 0.25) is 0 Å². The largest absolute Gasteiger partial charge is 0.467 e. The van der Waals surface area contributed by atoms with Crippen LogP contribution in [0.25, 0.3) is 11.6 Å². The summed E-state index contributed by atoms with van der Waals surface area (Å²) in [6, 6.07) is 11.5. The highest BCUT2D eigenvalue weighted by molar-refractivity contribution is 7.99. The standard InChI is InChI=1S/C26H21N5O5S2/c1-26(2,3)22(32)18(14-27)24-30(15-17-6-4-11-36-17)23(33)21(37-24)13-16-7-8-20(19(12-16)31(34)35)38-25-28-9-5-10-29-25/h4-13H,15H2,1-3H3/b21-13-,24-18+. The fraction of sp³-hybridized carbons (Fsp3) is 0.192. The Bertz CT molecular complexity index is 1730. The predicted molar refractivity (Wildman–Crippen MR) is 142 cm³/mol. The molecular weight excluding hydrogens is 526 g/mol. The van der Waals surface area contributed by atoms with Crippen molar-refractivity contribution < 1.29 is 14.1 Å². The molecule has 3 heterocycles. The lowest BCUT2D eigenvalue weighted by Gasteiger charge is -2.15. The van der Waals surface area contributed by atoms with Crippen LogP contribution in [0, 0.1) is 26.9 Å². The van der Waals surface area contributed by atoms with Gasteiger partial charge in [-0.2, -0.15) is 5.26 Å². The topological polar surface area (TPSA) is 145 Å². The van der Waals surface area contributed by atoms with Gasteiger partial charge in [0.1, 0.15) is 22.1 Å². The molecule has 0 unspecified atom stereocenters. The third kappa shape index (κ3) is 5.80. The number of aromatic nitrogens is 3. The number of nitrogens with zero attached hydrogens (tertiary/aromatic N) is 5. The van der Waals surface area contributed by atoms with Gasteiger partial charge in [0.2, 0.25) is 0 Å². The molecule has 0 aliphatic rings. The first-order valence-electron chi connectivity index (χ1n) is 11.2. The van der Waals surface area contributed by atoms with Crippen molar-refractivity contribution in [3.05, 3.63) is 96.0 Å². The van der Waals surface area contributed by atoms with E-state index >= 15 is 0 Å². The normalized spacial score (nSPS) is 12.7. The van der Waals surface area contributed by atoms with Crippen molar-refractivity contribution in [3.8, 4) is 6.07 Å². The summed E-state index contributed by atoms with van der Waals surface area (Å²) in [5, 5.41) is 22.0. The van der Waals surface area contributed by atoms with Crippen LogP contribution >= 0.6 is 23.1 Å². The van der Waals surface area contributed by atoms with Crippen LogP contribution in [-0.4, -0.2) is 25.2 Å². The molecule has 1 aromatic carbocycles. The lowest BCUT2D eigenvalue weighted by atomic mass is 9.87. The van der Waals surface area contributed by atoms with Gasteiger partial charge >= 0.3 is 0 Å². The van der Waals surface area contributed by atoms with E-state index < -0.39 is 21.7 Å². The molecule has 0 saturated carbocycles. The maximum atomic E-state index is 13.5. The third-order valence-electron chi connectivity index (χ3n) is 5.26. The molecule has 0 aliphatic carbocycles. The summed E-state index contributed by atoms with van der Waals surface area (Å²) in [4.78, 5) is 46.3. The minimum absolute atomic E-state index is 0.0148. The lowest BCUT2D eigenvalue weighted by molar-refractivity contribution is -0.387. The Hall–Kier alpha value is -4.34. The first-order valence-corrected chi connectivity index (χ1v) is 12.9. The minimum atomic E-state index is -0.846. The summed E-state index contributed by atoms with van der Waals surface area (Å²) in [5.41, 5.74) is -1.19. The van der Waals surface area contributed by atoms with Gasteiger partial charge in [-0.15, -0.1) is 11.3 Å². The molecule has 192 valence electrons. The number of Topliss-reactive ketones (excluding diaryl/α,β-unsaturated/α-hetero) is 1. The van der Waals surface area contributed by atoms with Crippen molar-refractivity contribution >= 4 is 46.2 Å². The number of hydrogen-bond acceptors (Lipinski definition) is 10. The van der Waals surface area contributed by atoms with Gasteiger partial charge in [-0.05, 0) is 47.7 Å². The summed E-state index contributed by atoms with van der Waals surface area (Å²) >= 11 is 2.03. The zero-order valence-electron chi connectivity index (χ0n) is 20.6. The smallest absolute Gasteiger partial charge is 0.283 e. The highest BCUT2D eigenvalue weighted by Gasteiger charge is 2.27. The number of carbonyl (C=O) groups excluding carboxylic acids is 1. The van der Waals surface area contributed by atoms with Gasteiger partial charge in [-0.3, -0.25) is 24.3 Å². The van der Waals surface area contributed by atoms with Crippen molar-refractivity contribution in [2.75, 3.05) is 0 Å². The van der Waals surface area contributed by atoms with Gasteiger partial charge in [0.25, 0.3) is 11.2 Å². The molecule has 0 aliphatic heterocycles. The summed E-state index contributed by atoms with van der Waals surface area (Å²) in [6.45, 7) is 5.10. The van der Waals surface area contributed by atoms with Gasteiger partial charge in [0, 0.05) is 23.9 Å². The van der Waals surface area contributed by atoms with E-state index in [0.29, 0.717) is 21.4 Å². The van der Waals surface area contributed by atoms with Crippen LogP contribution in [-0.2, 0) is 11.3 Å². The minimum Gasteiger partial charge on any atom is -0.467 e. The second kappa shape index (κ2) is 11.0. The predicted octanol–water partition coefficient (Wildman–Crippen LogP) is 3.52. The number of carbonyl (C=O) groups is 1. The Morgan fingerprint density at radius 2 is 2.00 bits per heavy atom. The summed E-state index contributed by atoms with van der Waals surface area (Å²) in [7, 11) is 0. The second-order valence-electron chi connectivity index (χ2n) is 9.07. The van der Waals surface area contributed by atoms with Crippen LogP contribution in [0.1, 0.15) is 32.1 Å². The van der Waals surface area contributed by atoms with E-state index in [0.717, 1.165) is 23.1 Å². The van der Waals surface area contributed by atoms with E-state index in [4.69, 9.17) is 4.42 Å². The van der Waals surface area contributed by atoms with Crippen molar-refractivity contribution in [2.24, 2.45) is 5.41 Å². The zero-order chi connectivity index (χ0) is 27.4. The Morgan fingerprint density at radius 3 is 2.61 bits per heavy atom. The van der Waals surface area contributed by atoms with Crippen molar-refractivity contribution in [1.29, 1.82) is 5.26 Å². The number of thiazole rings is 1. The number of nitro benzene ring substituents is 1. The van der Waals surface area contributed by atoms with E-state index in [-0.39, 0.29) is 27.0 Å². The molecular formula is C26H21N5O5S2. The summed E-state index contributed by atoms with van der Waals surface area (Å²) in [5.74, 6) is 0.0690. The number of rotatable bonds is 7. The highest BCUT2D eigenvalue weighted by Crippen LogP contribution is 2.33. The van der Waals surface area contributed by atoms with E-state index in [1.54, 1.807) is 63.5 Å². The third-order valence-corrected chi connectivity index (χ3v) is 7.35. The molecule has 0 saturated heterocycles. The fourth-order valence-corrected chi connectivity index (χ4v) is 5.32. The molecule has 0 amide bonds. The number of furan rings is 1. The molecule has 4 rings (SSSR count). The molecule has 0 spiro atoms. The van der Waals surface area contributed by atoms with E-state index in [1.807, 2.05) is 6.07 Å². The molecule has 0 atom stereocenters. The van der Waals surface area contributed by atoms with Gasteiger partial charge < -0.3 is 4.42 Å². The molecule has 38 heavy (non-hydrogen) atoms. The molecule has 10 nitrogen and oxygen atoms in total. The monoisotopic (exact) mass is 547 g/mol. The summed E-state index contributed by atoms with van der Waals surface area (Å²) in [6.07, 6.45) is 6.06. The van der Waals surface area contributed by atoms with Crippen molar-refractivity contribution in [3.63, 3.8) is 0 Å². The van der Waals surface area contributed by atoms with Gasteiger partial charge in [-0.1, -0.05) is 26.8 Å². The Labute approximate surface area is 224 Å². The van der Waals surface area contributed by atoms with E-state index in [9.17, 15) is 25.0 Å². The Kier molecular flexibility index (Phi) is 7.70. The van der Waals surface area contributed by atoms with Crippen molar-refractivity contribution in [1.82, 2.24) is 14.5 Å². The number of benzene rings is 1. The number of nitriles is 1. The molecule has 0 bridgehead atoms. The zero-order valence-corrected chi connectivity index (χ0v) is 22.2. The average Bonchev–Trinajstić information content (AvgIpc) is 3.50. The molecule has 0 radical (unpaired) electrons. The summed E-state index contributed by atoms with van der Waals surface area (Å²) < 4.78 is 7.12. The van der Waals surface area contributed by atoms with E-state index in [2.05, 4.69) is 9.97 Å². The van der Waals surface area contributed by atoms with Crippen LogP contribution in [0.5, 0.6) is 0 Å². The Morgan fingerprint density at radius 1 is 1.26 bits per heavy atom. The molecule has 12 heteroatoms. The maximum Gasteiger partial charge on any atom is 0.283 e. The first kappa shape index (κ1) is 26.7. The van der Waals surface area contributed by atoms with Crippen LogP contribution in [0.4, 0.5) is 5.69 Å². The number of hydrogen-bond donors (Lipinski definition) is 0. The van der Waals surface area contributed by atoms with Gasteiger partial charge in [0.15, 0.2) is 10.9 Å². The molecule has 3 aromatic heterocycles. The fourth-order valence-electron chi connectivity index (χ4n) is 3.42. The Balaban J connectivity index is 1.89. The maximum absolute atomic E-state index is 13.5. The van der Waals surface area contributed by atoms with E-state index in [1.165, 1.54) is 23.0 Å². The quantitative estimate of drug-likeness (QED) is 0.193.